The fraction of sp³-hybridized carbons (Fsp3) is 0.286. The molecule has 100 valence electrons. The van der Waals surface area contributed by atoms with Crippen LogP contribution in [0.4, 0.5) is 11.5 Å². The van der Waals surface area contributed by atoms with Crippen LogP contribution in [0.3, 0.4) is 0 Å². The number of anilines is 2. The van der Waals surface area contributed by atoms with Gasteiger partial charge in [-0.1, -0.05) is 25.1 Å². The maximum Gasteiger partial charge on any atom is 0.252 e. The zero-order valence-electron chi connectivity index (χ0n) is 11.1. The Kier molecular flexibility index (Phi) is 3.97. The van der Waals surface area contributed by atoms with Crippen molar-refractivity contribution in [1.82, 2.24) is 9.97 Å². The molecular weight excluding hydrogens is 240 g/mol. The van der Waals surface area contributed by atoms with Gasteiger partial charge in [-0.25, -0.2) is 4.98 Å². The molecule has 1 aromatic heterocycles. The number of aryl methyl sites for hydroxylation is 1. The number of aromatic amines is 1. The van der Waals surface area contributed by atoms with Crippen molar-refractivity contribution in [2.24, 2.45) is 5.73 Å². The van der Waals surface area contributed by atoms with Crippen LogP contribution in [0.25, 0.3) is 0 Å². The van der Waals surface area contributed by atoms with Crippen LogP contribution in [0.5, 0.6) is 0 Å². The van der Waals surface area contributed by atoms with Crippen LogP contribution in [0.15, 0.2) is 35.1 Å². The van der Waals surface area contributed by atoms with Gasteiger partial charge in [-0.2, -0.15) is 0 Å². The Bertz CT molecular complexity index is 619. The van der Waals surface area contributed by atoms with Crippen molar-refractivity contribution in [2.45, 2.75) is 26.3 Å². The van der Waals surface area contributed by atoms with E-state index in [1.165, 1.54) is 6.07 Å². The van der Waals surface area contributed by atoms with Crippen molar-refractivity contribution >= 4 is 11.5 Å². The van der Waals surface area contributed by atoms with Gasteiger partial charge >= 0.3 is 0 Å². The van der Waals surface area contributed by atoms with Gasteiger partial charge in [-0.15, -0.1) is 0 Å². The Balaban J connectivity index is 2.36. The van der Waals surface area contributed by atoms with Crippen LogP contribution in [-0.2, 0) is 6.42 Å². The zero-order chi connectivity index (χ0) is 13.8. The summed E-state index contributed by atoms with van der Waals surface area (Å²) >= 11 is 0. The second-order valence-corrected chi connectivity index (χ2v) is 4.43. The average Bonchev–Trinajstić information content (AvgIpc) is 2.38. The molecule has 5 heteroatoms. The van der Waals surface area contributed by atoms with E-state index in [1.54, 1.807) is 0 Å². The van der Waals surface area contributed by atoms with E-state index in [1.807, 2.05) is 38.1 Å². The SMILES string of the molecule is CCc1nc(Nc2ccccc2C(C)N)cc(=O)[nH]1. The fourth-order valence-corrected chi connectivity index (χ4v) is 1.89. The molecule has 0 spiro atoms. The molecule has 0 amide bonds. The topological polar surface area (TPSA) is 83.8 Å². The average molecular weight is 258 g/mol. The second kappa shape index (κ2) is 5.67. The van der Waals surface area contributed by atoms with Crippen LogP contribution < -0.4 is 16.6 Å². The van der Waals surface area contributed by atoms with Gasteiger partial charge in [0, 0.05) is 24.2 Å². The largest absolute Gasteiger partial charge is 0.340 e. The highest BCUT2D eigenvalue weighted by Gasteiger charge is 2.07. The number of rotatable bonds is 4. The quantitative estimate of drug-likeness (QED) is 0.784. The molecule has 1 atom stereocenters. The molecule has 0 radical (unpaired) electrons. The molecule has 19 heavy (non-hydrogen) atoms. The fourth-order valence-electron chi connectivity index (χ4n) is 1.89. The van der Waals surface area contributed by atoms with E-state index in [0.717, 1.165) is 11.3 Å². The first-order chi connectivity index (χ1) is 9.10. The predicted molar refractivity (Wildman–Crippen MR) is 76.6 cm³/mol. The van der Waals surface area contributed by atoms with Gasteiger partial charge in [0.2, 0.25) is 0 Å². The van der Waals surface area contributed by atoms with Crippen LogP contribution in [-0.4, -0.2) is 9.97 Å². The number of hydrogen-bond acceptors (Lipinski definition) is 4. The van der Waals surface area contributed by atoms with Crippen LogP contribution in [0, 0.1) is 0 Å². The molecule has 4 N–H and O–H groups in total. The van der Waals surface area contributed by atoms with Crippen LogP contribution in [0.1, 0.15) is 31.3 Å². The van der Waals surface area contributed by atoms with E-state index in [0.29, 0.717) is 18.1 Å². The van der Waals surface area contributed by atoms with Crippen LogP contribution in [0.2, 0.25) is 0 Å². The van der Waals surface area contributed by atoms with Crippen molar-refractivity contribution in [3.05, 3.63) is 52.1 Å². The molecule has 2 aromatic rings. The van der Waals surface area contributed by atoms with Gasteiger partial charge in [-0.05, 0) is 18.6 Å². The monoisotopic (exact) mass is 258 g/mol. The first kappa shape index (κ1) is 13.3. The Labute approximate surface area is 111 Å². The van der Waals surface area contributed by atoms with Crippen molar-refractivity contribution in [3.63, 3.8) is 0 Å². The minimum Gasteiger partial charge on any atom is -0.340 e. The number of H-pyrrole nitrogens is 1. The van der Waals surface area contributed by atoms with Gasteiger partial charge in [0.15, 0.2) is 0 Å². The summed E-state index contributed by atoms with van der Waals surface area (Å²) < 4.78 is 0. The lowest BCUT2D eigenvalue weighted by Gasteiger charge is -2.14. The summed E-state index contributed by atoms with van der Waals surface area (Å²) in [5, 5.41) is 3.16. The molecule has 0 aliphatic rings. The first-order valence-corrected chi connectivity index (χ1v) is 6.32. The predicted octanol–water partition coefficient (Wildman–Crippen LogP) is 2.10. The minimum absolute atomic E-state index is 0.0867. The standard InChI is InChI=1S/C14H18N4O/c1-3-12-17-13(8-14(19)18-12)16-11-7-5-4-6-10(11)9(2)15/h4-9H,3,15H2,1-2H3,(H2,16,17,18,19). The highest BCUT2D eigenvalue weighted by atomic mass is 16.1. The lowest BCUT2D eigenvalue weighted by molar-refractivity contribution is 0.820. The zero-order valence-corrected chi connectivity index (χ0v) is 11.1. The number of aromatic nitrogens is 2. The highest BCUT2D eigenvalue weighted by molar-refractivity contribution is 5.61. The van der Waals surface area contributed by atoms with E-state index in [9.17, 15) is 4.79 Å². The third kappa shape index (κ3) is 3.20. The van der Waals surface area contributed by atoms with Crippen molar-refractivity contribution in [1.29, 1.82) is 0 Å². The third-order valence-electron chi connectivity index (χ3n) is 2.84. The summed E-state index contributed by atoms with van der Waals surface area (Å²) in [6.45, 7) is 3.86. The third-order valence-corrected chi connectivity index (χ3v) is 2.84. The summed E-state index contributed by atoms with van der Waals surface area (Å²) in [4.78, 5) is 18.5. The minimum atomic E-state index is -0.160. The normalized spacial score (nSPS) is 12.2. The molecule has 0 fully saturated rings. The lowest BCUT2D eigenvalue weighted by Crippen LogP contribution is -2.13. The van der Waals surface area contributed by atoms with E-state index in [2.05, 4.69) is 15.3 Å². The number of nitrogens with one attached hydrogen (secondary N) is 2. The van der Waals surface area contributed by atoms with Crippen molar-refractivity contribution < 1.29 is 0 Å². The molecule has 0 aliphatic carbocycles. The van der Waals surface area contributed by atoms with Crippen molar-refractivity contribution in [3.8, 4) is 0 Å². The molecule has 1 heterocycles. The Hall–Kier alpha value is -2.14. The molecule has 0 saturated carbocycles. The summed E-state index contributed by atoms with van der Waals surface area (Å²) in [6.07, 6.45) is 0.680. The lowest BCUT2D eigenvalue weighted by atomic mass is 10.1. The number of hydrogen-bond donors (Lipinski definition) is 3. The summed E-state index contributed by atoms with van der Waals surface area (Å²) in [5.41, 5.74) is 7.63. The van der Waals surface area contributed by atoms with Crippen LogP contribution >= 0.6 is 0 Å². The molecular formula is C14H18N4O. The van der Waals surface area contributed by atoms with Gasteiger partial charge in [-0.3, -0.25) is 4.79 Å². The molecule has 1 unspecified atom stereocenters. The molecule has 5 nitrogen and oxygen atoms in total. The van der Waals surface area contributed by atoms with E-state index < -0.39 is 0 Å². The van der Waals surface area contributed by atoms with Crippen molar-refractivity contribution in [2.75, 3.05) is 5.32 Å². The molecule has 0 aliphatic heterocycles. The second-order valence-electron chi connectivity index (χ2n) is 4.43. The molecule has 0 saturated heterocycles. The van der Waals surface area contributed by atoms with E-state index in [4.69, 9.17) is 5.73 Å². The molecule has 1 aromatic carbocycles. The number of benzene rings is 1. The number of para-hydroxylation sites is 1. The van der Waals surface area contributed by atoms with Gasteiger partial charge in [0.1, 0.15) is 11.6 Å². The Morgan fingerprint density at radius 2 is 2.16 bits per heavy atom. The summed E-state index contributed by atoms with van der Waals surface area (Å²) in [7, 11) is 0. The maximum atomic E-state index is 11.5. The number of nitrogens with two attached hydrogens (primary N) is 1. The smallest absolute Gasteiger partial charge is 0.252 e. The summed E-state index contributed by atoms with van der Waals surface area (Å²) in [5.74, 6) is 1.20. The summed E-state index contributed by atoms with van der Waals surface area (Å²) in [6, 6.07) is 9.09. The van der Waals surface area contributed by atoms with Gasteiger partial charge in [0.25, 0.3) is 5.56 Å². The Morgan fingerprint density at radius 3 is 2.84 bits per heavy atom. The number of nitrogens with zero attached hydrogens (tertiary/aromatic N) is 1. The van der Waals surface area contributed by atoms with E-state index >= 15 is 0 Å². The highest BCUT2D eigenvalue weighted by Crippen LogP contribution is 2.23. The van der Waals surface area contributed by atoms with E-state index in [-0.39, 0.29) is 11.6 Å². The molecule has 0 bridgehead atoms. The Morgan fingerprint density at radius 1 is 1.42 bits per heavy atom. The molecule has 2 rings (SSSR count). The van der Waals surface area contributed by atoms with Gasteiger partial charge < -0.3 is 16.0 Å². The first-order valence-electron chi connectivity index (χ1n) is 6.32. The maximum absolute atomic E-state index is 11.5. The van der Waals surface area contributed by atoms with Gasteiger partial charge in [0.05, 0.1) is 0 Å².